The van der Waals surface area contributed by atoms with Crippen molar-refractivity contribution >= 4 is 56.5 Å². The Kier molecular flexibility index (Phi) is 19.4. The Balaban J connectivity index is 0.000000213. The van der Waals surface area contributed by atoms with Gasteiger partial charge in [-0.15, -0.1) is 20.4 Å². The van der Waals surface area contributed by atoms with E-state index < -0.39 is 89.1 Å². The molecule has 73 heavy (non-hydrogen) atoms. The number of amides is 2. The zero-order valence-electron chi connectivity index (χ0n) is 37.9. The smallest absolute Gasteiger partial charge is 0.314 e. The number of β-amino-alcohol motifs (C(OH)–C–C–N with tert-alkyl or cyclic N) is 2. The van der Waals surface area contributed by atoms with Crippen LogP contribution in [0, 0.1) is 23.3 Å². The van der Waals surface area contributed by atoms with Gasteiger partial charge in [-0.05, 0) is 80.1 Å². The third-order valence-electron chi connectivity index (χ3n) is 10.6. The Morgan fingerprint density at radius 2 is 1.22 bits per heavy atom. The van der Waals surface area contributed by atoms with Crippen molar-refractivity contribution in [3.05, 3.63) is 129 Å². The van der Waals surface area contributed by atoms with E-state index >= 15 is 0 Å². The molecule has 4 aromatic carbocycles. The van der Waals surface area contributed by atoms with E-state index in [2.05, 4.69) is 29.9 Å². The first-order valence-electron chi connectivity index (χ1n) is 21.5. The normalized spacial score (nSPS) is 15.8. The number of carbonyl (C=O) groups is 2. The topological polar surface area (TPSA) is 218 Å². The SMILES string of the molecule is CS(=O)(=O)OCC(=O)N(Cc1ccc(-c2nnc(C(F)F)o2)cc1F)c1ccc(F)c(Cl)c1.O=C(CN1CC[C@H](O)C1)N(Cc1ccc(-c2nnc(C(F)F)o2)cc1F)c1ccc(F)c(Cl)c1.O[C@H]1CCNC1. The van der Waals surface area contributed by atoms with Gasteiger partial charge in [0.15, 0.2) is 0 Å². The largest absolute Gasteiger partial charge is 0.415 e. The van der Waals surface area contributed by atoms with Gasteiger partial charge >= 0.3 is 12.9 Å². The average Bonchev–Trinajstić information content (AvgIpc) is 4.19. The molecule has 2 atom stereocenters. The number of benzene rings is 4. The molecule has 8 rings (SSSR count). The Labute approximate surface area is 420 Å². The Morgan fingerprint density at radius 1 is 0.726 bits per heavy atom. The first kappa shape index (κ1) is 56.2. The van der Waals surface area contributed by atoms with Crippen LogP contribution in [0.15, 0.2) is 81.6 Å². The number of aliphatic hydroxyl groups excluding tert-OH is 2. The number of rotatable bonds is 15. The number of hydrogen-bond acceptors (Lipinski definition) is 15. The van der Waals surface area contributed by atoms with E-state index in [0.717, 1.165) is 61.0 Å². The standard InChI is InChI=1S/C22H19ClF4N4O3.C19H14ClF4N3O5S.C4H9NO/c23-16-8-14(3-4-17(16)24)31(19(33)11-30-6-5-15(32)10-30)9-13-2-1-12(7-18(13)25)21-28-29-22(34-21)20(26)27;1-33(29,30)31-9-16(28)27(12-4-5-14(21)13(20)7-12)8-11-3-2-10(6-15(11)22)18-25-26-19(32-18)17(23)24;6-4-1-2-5-3-4/h1-4,7-8,15,20,32H,5-6,9-11H2;2-7,17H,8-9H2,1H3;4-6H,1-3H2/t15-;;4-/m0.0/s1. The van der Waals surface area contributed by atoms with E-state index in [4.69, 9.17) is 37.1 Å². The molecular weight excluding hydrogens is 1050 g/mol. The maximum atomic E-state index is 14.9. The number of nitrogens with zero attached hydrogens (tertiary/aromatic N) is 7. The van der Waals surface area contributed by atoms with Crippen LogP contribution in [0.2, 0.25) is 10.0 Å². The highest BCUT2D eigenvalue weighted by molar-refractivity contribution is 7.86. The molecule has 2 aromatic heterocycles. The number of alkyl halides is 4. The van der Waals surface area contributed by atoms with Crippen molar-refractivity contribution in [1.82, 2.24) is 30.6 Å². The highest BCUT2D eigenvalue weighted by Crippen LogP contribution is 2.31. The van der Waals surface area contributed by atoms with Crippen LogP contribution in [-0.4, -0.2) is 114 Å². The average molecular weight is 1090 g/mol. The fourth-order valence-corrected chi connectivity index (χ4v) is 7.56. The van der Waals surface area contributed by atoms with E-state index in [1.807, 2.05) is 0 Å². The van der Waals surface area contributed by atoms with Gasteiger partial charge in [0, 0.05) is 53.3 Å². The van der Waals surface area contributed by atoms with Gasteiger partial charge in [0.1, 0.15) is 29.9 Å². The van der Waals surface area contributed by atoms with Crippen molar-refractivity contribution in [2.75, 3.05) is 55.4 Å². The van der Waals surface area contributed by atoms with Crippen LogP contribution in [-0.2, 0) is 37.0 Å². The fraction of sp³-hybridized carbons (Fsp3) is 0.333. The molecule has 2 saturated heterocycles. The lowest BCUT2D eigenvalue weighted by Gasteiger charge is -2.26. The second kappa shape index (κ2) is 25.2. The summed E-state index contributed by atoms with van der Waals surface area (Å²) in [6, 6.07) is 14.3. The molecule has 28 heteroatoms. The van der Waals surface area contributed by atoms with Crippen LogP contribution in [0.4, 0.5) is 46.5 Å². The molecule has 17 nitrogen and oxygen atoms in total. The maximum Gasteiger partial charge on any atom is 0.314 e. The number of carbonyl (C=O) groups excluding carboxylic acids is 2. The van der Waals surface area contributed by atoms with Crippen molar-refractivity contribution in [2.24, 2.45) is 0 Å². The molecule has 0 bridgehead atoms. The first-order valence-corrected chi connectivity index (χ1v) is 24.1. The van der Waals surface area contributed by atoms with Gasteiger partial charge in [-0.1, -0.05) is 35.3 Å². The van der Waals surface area contributed by atoms with Crippen LogP contribution in [0.1, 0.15) is 48.6 Å². The lowest BCUT2D eigenvalue weighted by molar-refractivity contribution is -0.121. The fourth-order valence-electron chi connectivity index (χ4n) is 6.90. The molecule has 6 aromatic rings. The summed E-state index contributed by atoms with van der Waals surface area (Å²) in [5.41, 5.74) is 0.463. The molecule has 0 saturated carbocycles. The molecule has 0 aliphatic carbocycles. The number of aromatic nitrogens is 4. The zero-order chi connectivity index (χ0) is 53.1. The van der Waals surface area contributed by atoms with Gasteiger partial charge in [-0.25, -0.2) is 17.6 Å². The second-order valence-corrected chi connectivity index (χ2v) is 18.5. The Hall–Kier alpha value is -6.13. The van der Waals surface area contributed by atoms with Crippen molar-refractivity contribution in [3.63, 3.8) is 0 Å². The van der Waals surface area contributed by atoms with Gasteiger partial charge in [0.25, 0.3) is 27.8 Å². The monoisotopic (exact) mass is 1090 g/mol. The maximum absolute atomic E-state index is 14.9. The summed E-state index contributed by atoms with van der Waals surface area (Å²) in [5.74, 6) is -6.74. The summed E-state index contributed by atoms with van der Waals surface area (Å²) >= 11 is 11.7. The number of aliphatic hydroxyl groups is 2. The Morgan fingerprint density at radius 3 is 1.58 bits per heavy atom. The summed E-state index contributed by atoms with van der Waals surface area (Å²) in [5, 5.41) is 34.2. The number of halogens is 10. The molecular formula is C45H42Cl2F8N8O9S. The van der Waals surface area contributed by atoms with E-state index in [9.17, 15) is 58.2 Å². The van der Waals surface area contributed by atoms with E-state index in [0.29, 0.717) is 19.5 Å². The van der Waals surface area contributed by atoms with Crippen LogP contribution in [0.25, 0.3) is 22.9 Å². The van der Waals surface area contributed by atoms with Gasteiger partial charge in [-0.3, -0.25) is 18.7 Å². The molecule has 2 aliphatic rings. The predicted octanol–water partition coefficient (Wildman–Crippen LogP) is 7.66. The molecule has 0 unspecified atom stereocenters. The second-order valence-electron chi connectivity index (χ2n) is 16.1. The lowest BCUT2D eigenvalue weighted by Crippen LogP contribution is -2.40. The van der Waals surface area contributed by atoms with E-state index in [1.165, 1.54) is 47.4 Å². The number of hydrogen-bond donors (Lipinski definition) is 3. The van der Waals surface area contributed by atoms with Gasteiger partial charge in [0.2, 0.25) is 17.7 Å². The van der Waals surface area contributed by atoms with Gasteiger partial charge < -0.3 is 34.2 Å². The van der Waals surface area contributed by atoms with Crippen molar-refractivity contribution in [1.29, 1.82) is 0 Å². The quantitative estimate of drug-likeness (QED) is 0.0664. The lowest BCUT2D eigenvalue weighted by atomic mass is 10.1. The predicted molar refractivity (Wildman–Crippen MR) is 246 cm³/mol. The summed E-state index contributed by atoms with van der Waals surface area (Å²) in [7, 11) is -3.96. The van der Waals surface area contributed by atoms with Crippen LogP contribution in [0.5, 0.6) is 0 Å². The zero-order valence-corrected chi connectivity index (χ0v) is 40.2. The van der Waals surface area contributed by atoms with Crippen molar-refractivity contribution in [2.45, 2.75) is 51.0 Å². The third-order valence-corrected chi connectivity index (χ3v) is 11.7. The summed E-state index contributed by atoms with van der Waals surface area (Å²) in [6.07, 6.45) is -4.33. The summed E-state index contributed by atoms with van der Waals surface area (Å²) in [6.45, 7) is 1.06. The minimum absolute atomic E-state index is 0.0127. The number of nitrogens with one attached hydrogen (secondary N) is 1. The van der Waals surface area contributed by atoms with Crippen molar-refractivity contribution in [3.8, 4) is 22.9 Å². The van der Waals surface area contributed by atoms with Crippen LogP contribution < -0.4 is 15.1 Å². The molecule has 392 valence electrons. The van der Waals surface area contributed by atoms with E-state index in [-0.39, 0.29) is 74.6 Å². The highest BCUT2D eigenvalue weighted by Gasteiger charge is 2.28. The van der Waals surface area contributed by atoms with Gasteiger partial charge in [0.05, 0.1) is 48.1 Å². The molecule has 3 N–H and O–H groups in total. The first-order chi connectivity index (χ1) is 34.5. The van der Waals surface area contributed by atoms with Crippen molar-refractivity contribution < 1.29 is 76.4 Å². The van der Waals surface area contributed by atoms with Gasteiger partial charge in [-0.2, -0.15) is 26.0 Å². The molecule has 4 heterocycles. The van der Waals surface area contributed by atoms with Crippen LogP contribution >= 0.6 is 23.2 Å². The molecule has 0 radical (unpaired) electrons. The number of likely N-dealkylation sites (tertiary alicyclic amines) is 1. The minimum Gasteiger partial charge on any atom is -0.415 e. The van der Waals surface area contributed by atoms with E-state index in [1.54, 1.807) is 4.90 Å². The molecule has 2 amide bonds. The molecule has 2 aliphatic heterocycles. The van der Waals surface area contributed by atoms with Crippen LogP contribution in [0.3, 0.4) is 0 Å². The minimum atomic E-state index is -3.96. The Bertz CT molecular complexity index is 2990. The third kappa shape index (κ3) is 15.9. The molecule has 0 spiro atoms. The highest BCUT2D eigenvalue weighted by atomic mass is 35.5. The summed E-state index contributed by atoms with van der Waals surface area (Å²) in [4.78, 5) is 29.7. The molecule has 2 fully saturated rings. The number of anilines is 2. The summed E-state index contributed by atoms with van der Waals surface area (Å²) < 4.78 is 144.